The molecule has 6 heteroatoms. The van der Waals surface area contributed by atoms with E-state index >= 15 is 0 Å². The van der Waals surface area contributed by atoms with E-state index in [1.807, 2.05) is 6.92 Å². The van der Waals surface area contributed by atoms with Crippen LogP contribution in [0.3, 0.4) is 0 Å². The molecule has 0 unspecified atom stereocenters. The number of hydrogen-bond acceptors (Lipinski definition) is 5. The Morgan fingerprint density at radius 1 is 1.25 bits per heavy atom. The standard InChI is InChI=1S/C18H19NO5/c1-3-18(9-23-10-18)11-24-17(22)13-4-6-14(7-5-13)19-15(20)8-12(2)16(19)21/h4-8H,3,9-11H2,1-2H3. The van der Waals surface area contributed by atoms with E-state index < -0.39 is 5.97 Å². The van der Waals surface area contributed by atoms with Crippen molar-refractivity contribution >= 4 is 23.5 Å². The van der Waals surface area contributed by atoms with Gasteiger partial charge in [0.2, 0.25) is 0 Å². The van der Waals surface area contributed by atoms with Crippen LogP contribution in [0, 0.1) is 5.41 Å². The lowest BCUT2D eigenvalue weighted by atomic mass is 9.84. The highest BCUT2D eigenvalue weighted by atomic mass is 16.5. The zero-order valence-corrected chi connectivity index (χ0v) is 13.7. The maximum Gasteiger partial charge on any atom is 0.338 e. The number of hydrogen-bond donors (Lipinski definition) is 0. The van der Waals surface area contributed by atoms with Crippen molar-refractivity contribution in [2.45, 2.75) is 20.3 Å². The van der Waals surface area contributed by atoms with Gasteiger partial charge in [-0.05, 0) is 37.6 Å². The Hall–Kier alpha value is -2.47. The van der Waals surface area contributed by atoms with Crippen molar-refractivity contribution in [1.29, 1.82) is 0 Å². The Morgan fingerprint density at radius 2 is 1.92 bits per heavy atom. The van der Waals surface area contributed by atoms with Gasteiger partial charge < -0.3 is 9.47 Å². The predicted molar refractivity (Wildman–Crippen MR) is 86.5 cm³/mol. The minimum absolute atomic E-state index is 0.0623. The van der Waals surface area contributed by atoms with Crippen molar-refractivity contribution in [3.05, 3.63) is 41.5 Å². The van der Waals surface area contributed by atoms with Gasteiger partial charge in [-0.25, -0.2) is 9.69 Å². The highest BCUT2D eigenvalue weighted by Gasteiger charge is 2.38. The predicted octanol–water partition coefficient (Wildman–Crippen LogP) is 2.09. The smallest absolute Gasteiger partial charge is 0.338 e. The zero-order valence-electron chi connectivity index (χ0n) is 13.7. The Bertz CT molecular complexity index is 710. The SMILES string of the molecule is CCC1(COC(=O)c2ccc(N3C(=O)C=C(C)C3=O)cc2)COC1. The molecule has 0 aromatic heterocycles. The van der Waals surface area contributed by atoms with E-state index in [1.54, 1.807) is 31.2 Å². The van der Waals surface area contributed by atoms with E-state index in [9.17, 15) is 14.4 Å². The lowest BCUT2D eigenvalue weighted by Gasteiger charge is -2.39. The molecule has 0 bridgehead atoms. The molecule has 0 N–H and O–H groups in total. The summed E-state index contributed by atoms with van der Waals surface area (Å²) in [6, 6.07) is 6.26. The van der Waals surface area contributed by atoms with Crippen LogP contribution in [0.1, 0.15) is 30.6 Å². The van der Waals surface area contributed by atoms with E-state index in [0.29, 0.717) is 36.6 Å². The summed E-state index contributed by atoms with van der Waals surface area (Å²) < 4.78 is 10.6. The molecule has 24 heavy (non-hydrogen) atoms. The fourth-order valence-electron chi connectivity index (χ4n) is 2.66. The Kier molecular flexibility index (Phi) is 4.24. The summed E-state index contributed by atoms with van der Waals surface area (Å²) in [6.45, 7) is 5.20. The summed E-state index contributed by atoms with van der Waals surface area (Å²) in [6.07, 6.45) is 2.19. The molecule has 0 saturated carbocycles. The normalized spacial score (nSPS) is 19.1. The number of carbonyl (C=O) groups is 3. The zero-order chi connectivity index (χ0) is 17.3. The minimum atomic E-state index is -0.422. The fraction of sp³-hybridized carbons (Fsp3) is 0.389. The molecule has 1 aromatic rings. The number of benzene rings is 1. The highest BCUT2D eigenvalue weighted by molar-refractivity contribution is 6.30. The number of rotatable bonds is 5. The van der Waals surface area contributed by atoms with Crippen LogP contribution in [0.2, 0.25) is 0 Å². The van der Waals surface area contributed by atoms with Gasteiger partial charge in [0.15, 0.2) is 0 Å². The minimum Gasteiger partial charge on any atom is -0.461 e. The summed E-state index contributed by atoms with van der Waals surface area (Å²) in [4.78, 5) is 37.0. The van der Waals surface area contributed by atoms with Gasteiger partial charge in [0.25, 0.3) is 11.8 Å². The van der Waals surface area contributed by atoms with Crippen molar-refractivity contribution in [1.82, 2.24) is 0 Å². The first-order valence-corrected chi connectivity index (χ1v) is 7.87. The third-order valence-electron chi connectivity index (χ3n) is 4.54. The molecular formula is C18H19NO5. The van der Waals surface area contributed by atoms with E-state index in [1.165, 1.54) is 6.08 Å². The molecule has 0 spiro atoms. The number of imide groups is 1. The number of amides is 2. The second kappa shape index (κ2) is 6.20. The van der Waals surface area contributed by atoms with Gasteiger partial charge in [0.05, 0.1) is 29.9 Å². The first-order chi connectivity index (χ1) is 11.5. The van der Waals surface area contributed by atoms with Gasteiger partial charge in [-0.15, -0.1) is 0 Å². The third-order valence-corrected chi connectivity index (χ3v) is 4.54. The van der Waals surface area contributed by atoms with Crippen LogP contribution in [-0.4, -0.2) is 37.6 Å². The average Bonchev–Trinajstić information content (AvgIpc) is 2.79. The van der Waals surface area contributed by atoms with Crippen LogP contribution in [0.4, 0.5) is 5.69 Å². The molecule has 2 amide bonds. The van der Waals surface area contributed by atoms with Gasteiger partial charge in [0, 0.05) is 11.6 Å². The van der Waals surface area contributed by atoms with Crippen LogP contribution in [0.25, 0.3) is 0 Å². The second-order valence-corrected chi connectivity index (χ2v) is 6.28. The second-order valence-electron chi connectivity index (χ2n) is 6.28. The average molecular weight is 329 g/mol. The van der Waals surface area contributed by atoms with E-state index in [-0.39, 0.29) is 17.2 Å². The first kappa shape index (κ1) is 16.4. The number of ether oxygens (including phenoxy) is 2. The number of carbonyl (C=O) groups excluding carboxylic acids is 3. The topological polar surface area (TPSA) is 72.9 Å². The monoisotopic (exact) mass is 329 g/mol. The molecular weight excluding hydrogens is 310 g/mol. The molecule has 3 rings (SSSR count). The molecule has 126 valence electrons. The molecule has 0 aliphatic carbocycles. The highest BCUT2D eigenvalue weighted by Crippen LogP contribution is 2.31. The van der Waals surface area contributed by atoms with Crippen molar-refractivity contribution in [3.63, 3.8) is 0 Å². The van der Waals surface area contributed by atoms with Crippen LogP contribution >= 0.6 is 0 Å². The van der Waals surface area contributed by atoms with E-state index in [0.717, 1.165) is 11.3 Å². The fourth-order valence-corrected chi connectivity index (χ4v) is 2.66. The molecule has 2 aliphatic heterocycles. The van der Waals surface area contributed by atoms with Crippen molar-refractivity contribution in [2.24, 2.45) is 5.41 Å². The molecule has 0 atom stereocenters. The van der Waals surface area contributed by atoms with Crippen LogP contribution in [0.5, 0.6) is 0 Å². The van der Waals surface area contributed by atoms with Crippen LogP contribution in [-0.2, 0) is 19.1 Å². The molecule has 1 saturated heterocycles. The third kappa shape index (κ3) is 2.85. The molecule has 2 heterocycles. The van der Waals surface area contributed by atoms with Crippen molar-refractivity contribution in [3.8, 4) is 0 Å². The summed E-state index contributed by atoms with van der Waals surface area (Å²) in [5.41, 5.74) is 1.16. The van der Waals surface area contributed by atoms with Crippen molar-refractivity contribution < 1.29 is 23.9 Å². The Morgan fingerprint density at radius 3 is 2.38 bits per heavy atom. The summed E-state index contributed by atoms with van der Waals surface area (Å²) in [5, 5.41) is 0. The van der Waals surface area contributed by atoms with Crippen molar-refractivity contribution in [2.75, 3.05) is 24.7 Å². The van der Waals surface area contributed by atoms with Crippen LogP contribution in [0.15, 0.2) is 35.9 Å². The summed E-state index contributed by atoms with van der Waals surface area (Å²) >= 11 is 0. The maximum absolute atomic E-state index is 12.1. The number of esters is 1. The number of anilines is 1. The maximum atomic E-state index is 12.1. The van der Waals surface area contributed by atoms with Gasteiger partial charge in [0.1, 0.15) is 6.61 Å². The number of nitrogens with zero attached hydrogens (tertiary/aromatic N) is 1. The Balaban J connectivity index is 1.65. The van der Waals surface area contributed by atoms with Crippen LogP contribution < -0.4 is 4.90 Å². The van der Waals surface area contributed by atoms with E-state index in [4.69, 9.17) is 9.47 Å². The molecule has 2 aliphatic rings. The summed E-state index contributed by atoms with van der Waals surface area (Å²) in [7, 11) is 0. The van der Waals surface area contributed by atoms with Gasteiger partial charge in [-0.1, -0.05) is 6.92 Å². The summed E-state index contributed by atoms with van der Waals surface area (Å²) in [5.74, 6) is -1.14. The van der Waals surface area contributed by atoms with Gasteiger partial charge in [-0.2, -0.15) is 0 Å². The van der Waals surface area contributed by atoms with Gasteiger partial charge in [-0.3, -0.25) is 9.59 Å². The molecule has 6 nitrogen and oxygen atoms in total. The molecule has 1 fully saturated rings. The largest absolute Gasteiger partial charge is 0.461 e. The first-order valence-electron chi connectivity index (χ1n) is 7.87. The molecule has 1 aromatic carbocycles. The lowest BCUT2D eigenvalue weighted by molar-refractivity contribution is -0.140. The Labute approximate surface area is 140 Å². The quantitative estimate of drug-likeness (QED) is 0.611. The van der Waals surface area contributed by atoms with Gasteiger partial charge >= 0.3 is 5.97 Å². The van der Waals surface area contributed by atoms with E-state index in [2.05, 4.69) is 0 Å². The lowest BCUT2D eigenvalue weighted by Crippen LogP contribution is -2.46. The molecule has 0 radical (unpaired) electrons.